The molecule has 2 rings (SSSR count). The summed E-state index contributed by atoms with van der Waals surface area (Å²) in [5.74, 6) is -0.333. The number of sulfone groups is 1. The molecule has 0 saturated carbocycles. The molecule has 2 aromatic carbocycles. The molecule has 0 aliphatic rings. The van der Waals surface area contributed by atoms with E-state index in [2.05, 4.69) is 0 Å². The second kappa shape index (κ2) is 7.42. The number of esters is 1. The first-order chi connectivity index (χ1) is 10.9. The molecule has 0 aromatic heterocycles. The van der Waals surface area contributed by atoms with Crippen LogP contribution in [-0.4, -0.2) is 26.7 Å². The summed E-state index contributed by atoms with van der Waals surface area (Å²) < 4.78 is 29.5. The van der Waals surface area contributed by atoms with Gasteiger partial charge in [-0.2, -0.15) is 0 Å². The van der Waals surface area contributed by atoms with Crippen LogP contribution >= 0.6 is 0 Å². The molecule has 0 bridgehead atoms. The molecule has 0 radical (unpaired) electrons. The highest BCUT2D eigenvalue weighted by Crippen LogP contribution is 2.14. The molecule has 0 aliphatic carbocycles. The van der Waals surface area contributed by atoms with Gasteiger partial charge in [-0.25, -0.2) is 13.2 Å². The van der Waals surface area contributed by atoms with E-state index in [1.165, 1.54) is 0 Å². The molecule has 0 fully saturated rings. The Labute approximate surface area is 137 Å². The monoisotopic (exact) mass is 332 g/mol. The molecule has 0 spiro atoms. The maximum absolute atomic E-state index is 12.3. The van der Waals surface area contributed by atoms with Crippen molar-refractivity contribution in [1.82, 2.24) is 0 Å². The van der Waals surface area contributed by atoms with E-state index in [-0.39, 0.29) is 11.7 Å². The maximum Gasteiger partial charge on any atom is 0.338 e. The van der Waals surface area contributed by atoms with Gasteiger partial charge in [0.15, 0.2) is 9.84 Å². The van der Waals surface area contributed by atoms with E-state index in [1.54, 1.807) is 55.5 Å². The van der Waals surface area contributed by atoms with Gasteiger partial charge in [-0.05, 0) is 50.1 Å². The average Bonchev–Trinajstić information content (AvgIpc) is 2.54. The molecule has 0 saturated heterocycles. The molecular weight excluding hydrogens is 312 g/mol. The van der Waals surface area contributed by atoms with Gasteiger partial charge in [-0.1, -0.05) is 29.8 Å². The van der Waals surface area contributed by atoms with Crippen LogP contribution in [0, 0.1) is 6.92 Å². The first kappa shape index (κ1) is 17.2. The van der Waals surface area contributed by atoms with Gasteiger partial charge in [0, 0.05) is 0 Å². The second-order valence-corrected chi connectivity index (χ2v) is 7.41. The van der Waals surface area contributed by atoms with Gasteiger partial charge in [0.05, 0.1) is 22.8 Å². The molecule has 0 heterocycles. The highest BCUT2D eigenvalue weighted by molar-refractivity contribution is 7.91. The Bertz CT molecular complexity index is 760. The molecule has 4 nitrogen and oxygen atoms in total. The van der Waals surface area contributed by atoms with Gasteiger partial charge in [0.25, 0.3) is 0 Å². The molecule has 2 aromatic rings. The highest BCUT2D eigenvalue weighted by Gasteiger charge is 2.14. The number of carbonyl (C=O) groups is 1. The molecule has 0 unspecified atom stereocenters. The number of aryl methyl sites for hydroxylation is 2. The lowest BCUT2D eigenvalue weighted by Crippen LogP contribution is -2.09. The smallest absolute Gasteiger partial charge is 0.338 e. The summed E-state index contributed by atoms with van der Waals surface area (Å²) >= 11 is 0. The fourth-order valence-corrected chi connectivity index (χ4v) is 3.43. The van der Waals surface area contributed by atoms with E-state index < -0.39 is 9.84 Å². The number of hydrogen-bond acceptors (Lipinski definition) is 4. The Kier molecular flexibility index (Phi) is 5.55. The minimum atomic E-state index is -3.30. The van der Waals surface area contributed by atoms with Crippen molar-refractivity contribution in [3.05, 3.63) is 65.2 Å². The van der Waals surface area contributed by atoms with Gasteiger partial charge < -0.3 is 4.74 Å². The molecule has 23 heavy (non-hydrogen) atoms. The molecule has 0 atom stereocenters. The first-order valence-electron chi connectivity index (χ1n) is 7.48. The third kappa shape index (κ3) is 4.66. The quantitative estimate of drug-likeness (QED) is 0.762. The van der Waals surface area contributed by atoms with E-state index in [0.717, 1.165) is 11.1 Å². The van der Waals surface area contributed by atoms with E-state index in [9.17, 15) is 13.2 Å². The zero-order chi connectivity index (χ0) is 16.9. The first-order valence-corrected chi connectivity index (χ1v) is 9.13. The van der Waals surface area contributed by atoms with Gasteiger partial charge in [-0.3, -0.25) is 0 Å². The molecule has 0 N–H and O–H groups in total. The van der Waals surface area contributed by atoms with Gasteiger partial charge in [-0.15, -0.1) is 0 Å². The van der Waals surface area contributed by atoms with E-state index >= 15 is 0 Å². The van der Waals surface area contributed by atoms with Crippen LogP contribution in [0.15, 0.2) is 53.4 Å². The molecule has 5 heteroatoms. The number of carbonyl (C=O) groups excluding carboxylic acids is 1. The minimum absolute atomic E-state index is 0.0365. The Balaban J connectivity index is 2.02. The van der Waals surface area contributed by atoms with Crippen molar-refractivity contribution in [2.24, 2.45) is 0 Å². The fourth-order valence-electron chi connectivity index (χ4n) is 2.14. The number of ether oxygens (including phenoxy) is 1. The van der Waals surface area contributed by atoms with Crippen molar-refractivity contribution < 1.29 is 17.9 Å². The lowest BCUT2D eigenvalue weighted by molar-refractivity contribution is 0.0526. The van der Waals surface area contributed by atoms with Crippen molar-refractivity contribution in [2.45, 2.75) is 25.2 Å². The van der Waals surface area contributed by atoms with Crippen LogP contribution in [0.1, 0.15) is 28.4 Å². The van der Waals surface area contributed by atoms with Crippen LogP contribution in [-0.2, 0) is 21.0 Å². The van der Waals surface area contributed by atoms with E-state index in [4.69, 9.17) is 4.74 Å². The van der Waals surface area contributed by atoms with Crippen molar-refractivity contribution in [2.75, 3.05) is 12.4 Å². The van der Waals surface area contributed by atoms with Crippen molar-refractivity contribution in [1.29, 1.82) is 0 Å². The minimum Gasteiger partial charge on any atom is -0.462 e. The summed E-state index contributed by atoms with van der Waals surface area (Å²) in [4.78, 5) is 11.9. The number of benzene rings is 2. The third-order valence-electron chi connectivity index (χ3n) is 3.50. The van der Waals surface area contributed by atoms with Crippen molar-refractivity contribution >= 4 is 15.8 Å². The Morgan fingerprint density at radius 1 is 1.00 bits per heavy atom. The lowest BCUT2D eigenvalue weighted by atomic mass is 10.1. The Hall–Kier alpha value is -2.14. The summed E-state index contributed by atoms with van der Waals surface area (Å²) in [5, 5.41) is 0. The lowest BCUT2D eigenvalue weighted by Gasteiger charge is -2.06. The maximum atomic E-state index is 12.3. The molecule has 0 amide bonds. The molecule has 0 aliphatic heterocycles. The largest absolute Gasteiger partial charge is 0.462 e. The van der Waals surface area contributed by atoms with Crippen molar-refractivity contribution in [3.63, 3.8) is 0 Å². The summed E-state index contributed by atoms with van der Waals surface area (Å²) in [6, 6.07) is 13.7. The number of hydrogen-bond donors (Lipinski definition) is 0. The van der Waals surface area contributed by atoms with E-state index in [0.29, 0.717) is 23.5 Å². The third-order valence-corrected chi connectivity index (χ3v) is 5.24. The SMILES string of the molecule is CCOC(=O)c1ccc(CCS(=O)(=O)c2ccc(C)cc2)cc1. The predicted molar refractivity (Wildman–Crippen MR) is 89.3 cm³/mol. The number of rotatable bonds is 6. The molecule has 122 valence electrons. The van der Waals surface area contributed by atoms with Gasteiger partial charge in [0.1, 0.15) is 0 Å². The summed E-state index contributed by atoms with van der Waals surface area (Å²) in [6.07, 6.45) is 0.402. The summed E-state index contributed by atoms with van der Waals surface area (Å²) in [6.45, 7) is 4.00. The summed E-state index contributed by atoms with van der Waals surface area (Å²) in [7, 11) is -3.30. The molecular formula is C18H20O4S. The average molecular weight is 332 g/mol. The fraction of sp³-hybridized carbons (Fsp3) is 0.278. The normalized spacial score (nSPS) is 11.2. The van der Waals surface area contributed by atoms with Crippen LogP contribution in [0.5, 0.6) is 0 Å². The summed E-state index contributed by atoms with van der Waals surface area (Å²) in [5.41, 5.74) is 2.37. The highest BCUT2D eigenvalue weighted by atomic mass is 32.2. The van der Waals surface area contributed by atoms with Crippen LogP contribution in [0.3, 0.4) is 0 Å². The standard InChI is InChI=1S/C18H20O4S/c1-3-22-18(19)16-8-6-15(7-9-16)12-13-23(20,21)17-10-4-14(2)5-11-17/h4-11H,3,12-13H2,1-2H3. The van der Waals surface area contributed by atoms with Crippen LogP contribution in [0.4, 0.5) is 0 Å². The van der Waals surface area contributed by atoms with Gasteiger partial charge in [0.2, 0.25) is 0 Å². The second-order valence-electron chi connectivity index (χ2n) is 5.30. The topological polar surface area (TPSA) is 60.4 Å². The van der Waals surface area contributed by atoms with E-state index in [1.807, 2.05) is 6.92 Å². The Morgan fingerprint density at radius 3 is 2.17 bits per heavy atom. The zero-order valence-corrected chi connectivity index (χ0v) is 14.1. The van der Waals surface area contributed by atoms with Crippen LogP contribution in [0.2, 0.25) is 0 Å². The van der Waals surface area contributed by atoms with Gasteiger partial charge >= 0.3 is 5.97 Å². The zero-order valence-electron chi connectivity index (χ0n) is 13.3. The van der Waals surface area contributed by atoms with Crippen LogP contribution in [0.25, 0.3) is 0 Å². The predicted octanol–water partition coefficient (Wildman–Crippen LogP) is 3.19. The van der Waals surface area contributed by atoms with Crippen LogP contribution < -0.4 is 0 Å². The van der Waals surface area contributed by atoms with Crippen molar-refractivity contribution in [3.8, 4) is 0 Å². The Morgan fingerprint density at radius 2 is 1.61 bits per heavy atom.